The van der Waals surface area contributed by atoms with E-state index in [1.54, 1.807) is 0 Å². The predicted octanol–water partition coefficient (Wildman–Crippen LogP) is 1.24. The van der Waals surface area contributed by atoms with E-state index in [9.17, 15) is 4.79 Å². The molecule has 3 heteroatoms. The minimum atomic E-state index is 0.290. The third-order valence-corrected chi connectivity index (χ3v) is 2.91. The highest BCUT2D eigenvalue weighted by molar-refractivity contribution is 5.75. The molecule has 1 N–H and O–H groups in total. The summed E-state index contributed by atoms with van der Waals surface area (Å²) < 4.78 is 0. The maximum absolute atomic E-state index is 11.5. The van der Waals surface area contributed by atoms with E-state index in [0.717, 1.165) is 26.2 Å². The van der Waals surface area contributed by atoms with Crippen LogP contribution in [0.1, 0.15) is 33.1 Å². The Hall–Kier alpha value is -0.570. The molecule has 1 amide bonds. The number of carbonyl (C=O) groups excluding carboxylic acids is 1. The summed E-state index contributed by atoms with van der Waals surface area (Å²) in [5, 5.41) is 3.38. The Morgan fingerprint density at radius 3 is 2.79 bits per heavy atom. The van der Waals surface area contributed by atoms with Crippen LogP contribution in [-0.2, 0) is 4.79 Å². The van der Waals surface area contributed by atoms with Crippen molar-refractivity contribution in [2.24, 2.45) is 5.92 Å². The molecule has 1 rings (SSSR count). The number of hydrogen-bond acceptors (Lipinski definition) is 2. The van der Waals surface area contributed by atoms with Gasteiger partial charge in [0.05, 0.1) is 0 Å². The predicted molar refractivity (Wildman–Crippen MR) is 58.1 cm³/mol. The lowest BCUT2D eigenvalue weighted by Gasteiger charge is -2.29. The quantitative estimate of drug-likeness (QED) is 0.737. The molecule has 0 radical (unpaired) electrons. The number of hydrogen-bond donors (Lipinski definition) is 1. The van der Waals surface area contributed by atoms with Crippen LogP contribution in [0.5, 0.6) is 0 Å². The highest BCUT2D eigenvalue weighted by Gasteiger charge is 2.18. The summed E-state index contributed by atoms with van der Waals surface area (Å²) in [6.45, 7) is 8.01. The Morgan fingerprint density at radius 1 is 1.50 bits per heavy atom. The van der Waals surface area contributed by atoms with E-state index in [0.29, 0.717) is 12.3 Å². The largest absolute Gasteiger partial charge is 0.343 e. The second kappa shape index (κ2) is 6.02. The third-order valence-electron chi connectivity index (χ3n) is 2.91. The second-order valence-electron chi connectivity index (χ2n) is 4.00. The lowest BCUT2D eigenvalue weighted by atomic mass is 9.99. The topological polar surface area (TPSA) is 32.3 Å². The maximum Gasteiger partial charge on any atom is 0.222 e. The van der Waals surface area contributed by atoms with Crippen LogP contribution in [0.4, 0.5) is 0 Å². The molecule has 1 fully saturated rings. The van der Waals surface area contributed by atoms with Gasteiger partial charge < -0.3 is 10.2 Å². The Bertz CT molecular complexity index is 176. The van der Waals surface area contributed by atoms with Crippen molar-refractivity contribution in [2.45, 2.75) is 33.1 Å². The number of nitrogens with zero attached hydrogens (tertiary/aromatic N) is 1. The van der Waals surface area contributed by atoms with E-state index in [2.05, 4.69) is 12.2 Å². The molecular formula is C11H22N2O. The first-order chi connectivity index (χ1) is 6.77. The highest BCUT2D eigenvalue weighted by atomic mass is 16.2. The van der Waals surface area contributed by atoms with Crippen molar-refractivity contribution in [1.82, 2.24) is 10.2 Å². The zero-order valence-corrected chi connectivity index (χ0v) is 9.38. The van der Waals surface area contributed by atoms with Gasteiger partial charge in [-0.25, -0.2) is 0 Å². The molecule has 1 aliphatic rings. The fourth-order valence-electron chi connectivity index (χ4n) is 2.02. The molecular weight excluding hydrogens is 176 g/mol. The molecule has 0 aliphatic carbocycles. The van der Waals surface area contributed by atoms with Gasteiger partial charge in [0.25, 0.3) is 0 Å². The molecule has 1 aliphatic heterocycles. The van der Waals surface area contributed by atoms with Crippen molar-refractivity contribution in [3.63, 3.8) is 0 Å². The van der Waals surface area contributed by atoms with Crippen molar-refractivity contribution in [2.75, 3.05) is 26.2 Å². The first kappa shape index (κ1) is 11.5. The van der Waals surface area contributed by atoms with Crippen molar-refractivity contribution in [3.8, 4) is 0 Å². The van der Waals surface area contributed by atoms with Gasteiger partial charge in [-0.1, -0.05) is 6.92 Å². The van der Waals surface area contributed by atoms with Gasteiger partial charge >= 0.3 is 0 Å². The van der Waals surface area contributed by atoms with E-state index < -0.39 is 0 Å². The van der Waals surface area contributed by atoms with Crippen molar-refractivity contribution < 1.29 is 4.79 Å². The van der Waals surface area contributed by atoms with Gasteiger partial charge in [0, 0.05) is 19.5 Å². The molecule has 0 bridgehead atoms. The molecule has 0 aromatic heterocycles. The molecule has 0 spiro atoms. The fraction of sp³-hybridized carbons (Fsp3) is 0.909. The van der Waals surface area contributed by atoms with E-state index in [-0.39, 0.29) is 5.91 Å². The number of carbonyl (C=O) groups is 1. The van der Waals surface area contributed by atoms with E-state index >= 15 is 0 Å². The van der Waals surface area contributed by atoms with Crippen LogP contribution in [0.15, 0.2) is 0 Å². The molecule has 1 heterocycles. The molecule has 82 valence electrons. The molecule has 0 saturated carbocycles. The zero-order chi connectivity index (χ0) is 10.4. The Labute approximate surface area is 86.9 Å². The van der Waals surface area contributed by atoms with Crippen LogP contribution in [0, 0.1) is 5.92 Å². The Balaban J connectivity index is 2.34. The van der Waals surface area contributed by atoms with Crippen LogP contribution in [0.3, 0.4) is 0 Å². The number of nitrogens with one attached hydrogen (secondary N) is 1. The lowest BCUT2D eigenvalue weighted by Crippen LogP contribution is -2.40. The van der Waals surface area contributed by atoms with Gasteiger partial charge in [-0.05, 0) is 38.8 Å². The van der Waals surface area contributed by atoms with Gasteiger partial charge in [0.2, 0.25) is 5.91 Å². The molecule has 1 unspecified atom stereocenters. The summed E-state index contributed by atoms with van der Waals surface area (Å²) in [4.78, 5) is 13.5. The third kappa shape index (κ3) is 3.29. The minimum absolute atomic E-state index is 0.290. The summed E-state index contributed by atoms with van der Waals surface area (Å²) in [6.07, 6.45) is 3.15. The van der Waals surface area contributed by atoms with Crippen molar-refractivity contribution >= 4 is 5.91 Å². The SMILES string of the molecule is CCC(=O)N(CC)CC1CCCNC1. The van der Waals surface area contributed by atoms with Crippen molar-refractivity contribution in [3.05, 3.63) is 0 Å². The molecule has 3 nitrogen and oxygen atoms in total. The first-order valence-electron chi connectivity index (χ1n) is 5.76. The molecule has 1 saturated heterocycles. The van der Waals surface area contributed by atoms with Crippen LogP contribution >= 0.6 is 0 Å². The molecule has 14 heavy (non-hydrogen) atoms. The monoisotopic (exact) mass is 198 g/mol. The number of rotatable bonds is 4. The van der Waals surface area contributed by atoms with E-state index in [1.165, 1.54) is 12.8 Å². The summed E-state index contributed by atoms with van der Waals surface area (Å²) >= 11 is 0. The smallest absolute Gasteiger partial charge is 0.222 e. The highest BCUT2D eigenvalue weighted by Crippen LogP contribution is 2.12. The summed E-state index contributed by atoms with van der Waals surface area (Å²) in [5.41, 5.74) is 0. The normalized spacial score (nSPS) is 22.0. The second-order valence-corrected chi connectivity index (χ2v) is 4.00. The maximum atomic E-state index is 11.5. The Kier molecular flexibility index (Phi) is 4.94. The standard InChI is InChI=1S/C11H22N2O/c1-3-11(14)13(4-2)9-10-6-5-7-12-8-10/h10,12H,3-9H2,1-2H3. The van der Waals surface area contributed by atoms with Gasteiger partial charge in [-0.15, -0.1) is 0 Å². The van der Waals surface area contributed by atoms with E-state index in [1.807, 2.05) is 11.8 Å². The van der Waals surface area contributed by atoms with Crippen LogP contribution in [0.2, 0.25) is 0 Å². The number of amides is 1. The van der Waals surface area contributed by atoms with Gasteiger partial charge in [-0.3, -0.25) is 4.79 Å². The summed E-state index contributed by atoms with van der Waals surface area (Å²) in [5.74, 6) is 0.956. The van der Waals surface area contributed by atoms with Crippen LogP contribution in [0.25, 0.3) is 0 Å². The summed E-state index contributed by atoms with van der Waals surface area (Å²) in [6, 6.07) is 0. The van der Waals surface area contributed by atoms with E-state index in [4.69, 9.17) is 0 Å². The molecule has 1 atom stereocenters. The fourth-order valence-corrected chi connectivity index (χ4v) is 2.02. The zero-order valence-electron chi connectivity index (χ0n) is 9.38. The number of piperidine rings is 1. The summed E-state index contributed by atoms with van der Waals surface area (Å²) in [7, 11) is 0. The van der Waals surface area contributed by atoms with Gasteiger partial charge in [-0.2, -0.15) is 0 Å². The van der Waals surface area contributed by atoms with Gasteiger partial charge in [0.15, 0.2) is 0 Å². The Morgan fingerprint density at radius 2 is 2.29 bits per heavy atom. The minimum Gasteiger partial charge on any atom is -0.343 e. The van der Waals surface area contributed by atoms with Crippen LogP contribution in [-0.4, -0.2) is 37.0 Å². The molecule has 0 aromatic carbocycles. The van der Waals surface area contributed by atoms with Crippen LogP contribution < -0.4 is 5.32 Å². The lowest BCUT2D eigenvalue weighted by molar-refractivity contribution is -0.131. The van der Waals surface area contributed by atoms with Gasteiger partial charge in [0.1, 0.15) is 0 Å². The average molecular weight is 198 g/mol. The first-order valence-corrected chi connectivity index (χ1v) is 5.76. The molecule has 0 aromatic rings. The average Bonchev–Trinajstić information content (AvgIpc) is 2.26. The van der Waals surface area contributed by atoms with Crippen molar-refractivity contribution in [1.29, 1.82) is 0 Å².